The summed E-state index contributed by atoms with van der Waals surface area (Å²) in [6.07, 6.45) is 1.49. The Morgan fingerprint density at radius 1 is 1.12 bits per heavy atom. The highest BCUT2D eigenvalue weighted by molar-refractivity contribution is 7.89. The van der Waals surface area contributed by atoms with E-state index < -0.39 is 26.6 Å². The lowest BCUT2D eigenvalue weighted by Crippen LogP contribution is -2.38. The summed E-state index contributed by atoms with van der Waals surface area (Å²) in [7, 11) is -3.97. The molecule has 0 spiro atoms. The topological polar surface area (TPSA) is 66.5 Å². The number of sulfonamides is 1. The second-order valence-electron chi connectivity index (χ2n) is 6.55. The van der Waals surface area contributed by atoms with Crippen molar-refractivity contribution in [1.29, 1.82) is 0 Å². The van der Waals surface area contributed by atoms with E-state index in [4.69, 9.17) is 0 Å². The predicted octanol–water partition coefficient (Wildman–Crippen LogP) is 3.50. The summed E-state index contributed by atoms with van der Waals surface area (Å²) in [6, 6.07) is 12.2. The van der Waals surface area contributed by atoms with Crippen molar-refractivity contribution in [3.05, 3.63) is 59.9 Å². The molecule has 0 radical (unpaired) electrons. The molecule has 1 heterocycles. The third kappa shape index (κ3) is 3.94. The fourth-order valence-electron chi connectivity index (χ4n) is 2.93. The van der Waals surface area contributed by atoms with Crippen LogP contribution in [0.1, 0.15) is 30.1 Å². The van der Waals surface area contributed by atoms with E-state index in [1.807, 2.05) is 6.07 Å². The van der Waals surface area contributed by atoms with Crippen LogP contribution in [0.15, 0.2) is 53.4 Å². The molecule has 7 heteroatoms. The van der Waals surface area contributed by atoms with Crippen LogP contribution in [0.3, 0.4) is 0 Å². The van der Waals surface area contributed by atoms with Crippen molar-refractivity contribution in [2.24, 2.45) is 5.92 Å². The second-order valence-corrected chi connectivity index (χ2v) is 8.46. The van der Waals surface area contributed by atoms with Gasteiger partial charge in [-0.3, -0.25) is 4.79 Å². The molecular weight excluding hydrogens is 355 g/mol. The first kappa shape index (κ1) is 18.5. The molecule has 2 aromatic carbocycles. The third-order valence-electron chi connectivity index (χ3n) is 4.59. The first-order valence-electron chi connectivity index (χ1n) is 8.54. The van der Waals surface area contributed by atoms with E-state index in [0.29, 0.717) is 24.7 Å². The molecule has 1 amide bonds. The van der Waals surface area contributed by atoms with Crippen molar-refractivity contribution < 1.29 is 17.6 Å². The van der Waals surface area contributed by atoms with Gasteiger partial charge in [0.2, 0.25) is 10.0 Å². The van der Waals surface area contributed by atoms with Gasteiger partial charge in [0, 0.05) is 24.3 Å². The summed E-state index contributed by atoms with van der Waals surface area (Å²) in [5.74, 6) is -0.880. The highest BCUT2D eigenvalue weighted by atomic mass is 32.2. The first-order valence-corrected chi connectivity index (χ1v) is 9.98. The van der Waals surface area contributed by atoms with Gasteiger partial charge in [0.05, 0.1) is 0 Å². The Morgan fingerprint density at radius 2 is 1.77 bits per heavy atom. The number of rotatable bonds is 4. The maximum absolute atomic E-state index is 14.2. The number of anilines is 1. The molecule has 0 aliphatic carbocycles. The number of halogens is 1. The van der Waals surface area contributed by atoms with Gasteiger partial charge in [0.15, 0.2) is 0 Å². The van der Waals surface area contributed by atoms with Gasteiger partial charge in [-0.15, -0.1) is 0 Å². The SMILES string of the molecule is CC1CCN(S(=O)(=O)c2cc(C(=O)Nc3ccccc3)ccc2F)CC1. The molecule has 138 valence electrons. The van der Waals surface area contributed by atoms with E-state index in [9.17, 15) is 17.6 Å². The molecule has 1 aliphatic rings. The van der Waals surface area contributed by atoms with E-state index in [2.05, 4.69) is 12.2 Å². The van der Waals surface area contributed by atoms with Gasteiger partial charge in [-0.2, -0.15) is 4.31 Å². The normalized spacial score (nSPS) is 16.4. The maximum atomic E-state index is 14.2. The molecule has 3 rings (SSSR count). The van der Waals surface area contributed by atoms with Crippen molar-refractivity contribution in [3.8, 4) is 0 Å². The molecule has 1 saturated heterocycles. The lowest BCUT2D eigenvalue weighted by Gasteiger charge is -2.29. The minimum absolute atomic E-state index is 0.0965. The lowest BCUT2D eigenvalue weighted by atomic mass is 10.0. The lowest BCUT2D eigenvalue weighted by molar-refractivity contribution is 0.102. The first-order chi connectivity index (χ1) is 12.4. The Hall–Kier alpha value is -2.25. The standard InChI is InChI=1S/C19H21FN2O3S/c1-14-9-11-22(12-10-14)26(24,25)18-13-15(7-8-17(18)20)19(23)21-16-5-3-2-4-6-16/h2-8,13-14H,9-12H2,1H3,(H,21,23). The molecule has 0 saturated carbocycles. The monoisotopic (exact) mass is 376 g/mol. The maximum Gasteiger partial charge on any atom is 0.255 e. The van der Waals surface area contributed by atoms with Gasteiger partial charge in [0.25, 0.3) is 5.91 Å². The van der Waals surface area contributed by atoms with Crippen LogP contribution in [0.2, 0.25) is 0 Å². The van der Waals surface area contributed by atoms with Gasteiger partial charge < -0.3 is 5.32 Å². The minimum atomic E-state index is -3.97. The smallest absolute Gasteiger partial charge is 0.255 e. The number of hydrogen-bond donors (Lipinski definition) is 1. The minimum Gasteiger partial charge on any atom is -0.322 e. The molecule has 2 aromatic rings. The molecule has 0 bridgehead atoms. The number of amides is 1. The Morgan fingerprint density at radius 3 is 2.42 bits per heavy atom. The Balaban J connectivity index is 1.86. The van der Waals surface area contributed by atoms with Crippen LogP contribution in [0.5, 0.6) is 0 Å². The zero-order valence-electron chi connectivity index (χ0n) is 14.5. The molecule has 0 unspecified atom stereocenters. The zero-order chi connectivity index (χ0) is 18.7. The fourth-order valence-corrected chi connectivity index (χ4v) is 4.49. The molecule has 5 nitrogen and oxygen atoms in total. The number of carbonyl (C=O) groups is 1. The van der Waals surface area contributed by atoms with Crippen molar-refractivity contribution in [2.45, 2.75) is 24.7 Å². The number of para-hydroxylation sites is 1. The largest absolute Gasteiger partial charge is 0.322 e. The molecule has 1 fully saturated rings. The molecule has 1 aliphatic heterocycles. The van der Waals surface area contributed by atoms with Gasteiger partial charge >= 0.3 is 0 Å². The Bertz CT molecular complexity index is 892. The number of carbonyl (C=O) groups excluding carboxylic acids is 1. The van der Waals surface area contributed by atoms with Gasteiger partial charge in [-0.1, -0.05) is 25.1 Å². The fraction of sp³-hybridized carbons (Fsp3) is 0.316. The Labute approximate surface area is 152 Å². The van der Waals surface area contributed by atoms with Crippen LogP contribution in [0.4, 0.5) is 10.1 Å². The number of nitrogens with one attached hydrogen (secondary N) is 1. The summed E-state index contributed by atoms with van der Waals surface area (Å²) in [4.78, 5) is 11.9. The summed E-state index contributed by atoms with van der Waals surface area (Å²) in [6.45, 7) is 2.80. The number of benzene rings is 2. The van der Waals surface area contributed by atoms with Crippen LogP contribution in [-0.4, -0.2) is 31.7 Å². The average molecular weight is 376 g/mol. The second kappa shape index (κ2) is 7.55. The van der Waals surface area contributed by atoms with Crippen molar-refractivity contribution >= 4 is 21.6 Å². The van der Waals surface area contributed by atoms with Crippen molar-refractivity contribution in [2.75, 3.05) is 18.4 Å². The molecule has 26 heavy (non-hydrogen) atoms. The number of hydrogen-bond acceptors (Lipinski definition) is 3. The summed E-state index contributed by atoms with van der Waals surface area (Å²) < 4.78 is 41.1. The van der Waals surface area contributed by atoms with Crippen LogP contribution in [0, 0.1) is 11.7 Å². The summed E-state index contributed by atoms with van der Waals surface area (Å²) in [5, 5.41) is 2.67. The molecule has 1 N–H and O–H groups in total. The molecule has 0 atom stereocenters. The van der Waals surface area contributed by atoms with Crippen molar-refractivity contribution in [1.82, 2.24) is 4.31 Å². The molecular formula is C19H21FN2O3S. The highest BCUT2D eigenvalue weighted by Crippen LogP contribution is 2.26. The van der Waals surface area contributed by atoms with Gasteiger partial charge in [0.1, 0.15) is 10.7 Å². The van der Waals surface area contributed by atoms with E-state index in [1.165, 1.54) is 10.4 Å². The van der Waals surface area contributed by atoms with E-state index >= 15 is 0 Å². The van der Waals surface area contributed by atoms with E-state index in [0.717, 1.165) is 25.0 Å². The van der Waals surface area contributed by atoms with E-state index in [1.54, 1.807) is 24.3 Å². The van der Waals surface area contributed by atoms with Gasteiger partial charge in [-0.05, 0) is 49.1 Å². The van der Waals surface area contributed by atoms with Crippen LogP contribution in [0.25, 0.3) is 0 Å². The average Bonchev–Trinajstić information content (AvgIpc) is 2.63. The van der Waals surface area contributed by atoms with Crippen molar-refractivity contribution in [3.63, 3.8) is 0 Å². The molecule has 0 aromatic heterocycles. The number of piperidine rings is 1. The Kier molecular flexibility index (Phi) is 5.38. The third-order valence-corrected chi connectivity index (χ3v) is 6.50. The number of nitrogens with zero attached hydrogens (tertiary/aromatic N) is 1. The predicted molar refractivity (Wildman–Crippen MR) is 98.0 cm³/mol. The zero-order valence-corrected chi connectivity index (χ0v) is 15.3. The van der Waals surface area contributed by atoms with E-state index in [-0.39, 0.29) is 5.56 Å². The van der Waals surface area contributed by atoms with Gasteiger partial charge in [-0.25, -0.2) is 12.8 Å². The van der Waals surface area contributed by atoms with Crippen LogP contribution in [-0.2, 0) is 10.0 Å². The summed E-state index contributed by atoms with van der Waals surface area (Å²) in [5.41, 5.74) is 0.676. The van der Waals surface area contributed by atoms with Crippen LogP contribution >= 0.6 is 0 Å². The van der Waals surface area contributed by atoms with Crippen LogP contribution < -0.4 is 5.32 Å². The highest BCUT2D eigenvalue weighted by Gasteiger charge is 2.31. The summed E-state index contributed by atoms with van der Waals surface area (Å²) >= 11 is 0. The quantitative estimate of drug-likeness (QED) is 0.888.